The Hall–Kier alpha value is -2.07. The van der Waals surface area contributed by atoms with E-state index in [1.807, 2.05) is 6.07 Å². The molecule has 6 heteroatoms. The van der Waals surface area contributed by atoms with Crippen LogP contribution in [-0.2, 0) is 27.1 Å². The van der Waals surface area contributed by atoms with Crippen molar-refractivity contribution < 1.29 is 18.3 Å². The van der Waals surface area contributed by atoms with Crippen molar-refractivity contribution in [1.82, 2.24) is 0 Å². The van der Waals surface area contributed by atoms with Gasteiger partial charge in [-0.25, -0.2) is 0 Å². The van der Waals surface area contributed by atoms with Gasteiger partial charge in [0, 0.05) is 12.0 Å². The summed E-state index contributed by atoms with van der Waals surface area (Å²) in [5.74, 6) is 0.352. The van der Waals surface area contributed by atoms with E-state index in [0.717, 1.165) is 56.3 Å². The number of ether oxygens (including phenoxy) is 2. The molecule has 1 atom stereocenters. The maximum atomic E-state index is 10.1. The molecule has 1 fully saturated rings. The molecular weight excluding hydrogens is 478 g/mol. The quantitative estimate of drug-likeness (QED) is 0.195. The van der Waals surface area contributed by atoms with Crippen molar-refractivity contribution in [2.75, 3.05) is 13.2 Å². The van der Waals surface area contributed by atoms with Crippen LogP contribution in [0.1, 0.15) is 96.8 Å². The van der Waals surface area contributed by atoms with Gasteiger partial charge in [0.1, 0.15) is 5.75 Å². The van der Waals surface area contributed by atoms with Crippen molar-refractivity contribution in [3.05, 3.63) is 53.5 Å². The van der Waals surface area contributed by atoms with E-state index in [2.05, 4.69) is 65.8 Å². The fourth-order valence-electron chi connectivity index (χ4n) is 7.03. The zero-order valence-electron chi connectivity index (χ0n) is 23.6. The van der Waals surface area contributed by atoms with Crippen LogP contribution < -0.4 is 4.43 Å². The largest absolute Gasteiger partial charge is 0.543 e. The molecule has 1 saturated heterocycles. The molecule has 0 radical (unpaired) electrons. The minimum atomic E-state index is -1.98. The summed E-state index contributed by atoms with van der Waals surface area (Å²) in [6.45, 7) is 15.2. The SMILES string of the molecule is CC(C)[Si](Oc1ccc2c(c1)CC2(C#N)CCCCCCC1(c2ccoc2)OCCO1)(C(C)C)C(C)C. The molecule has 4 rings (SSSR count). The lowest BCUT2D eigenvalue weighted by Crippen LogP contribution is -2.50. The fraction of sp³-hybridized carbons (Fsp3) is 0.645. The second-order valence-corrected chi connectivity index (χ2v) is 17.4. The van der Waals surface area contributed by atoms with Crippen LogP contribution in [0.2, 0.25) is 16.6 Å². The monoisotopic (exact) mass is 523 g/mol. The number of rotatable bonds is 13. The lowest BCUT2D eigenvalue weighted by atomic mass is 9.62. The lowest BCUT2D eigenvalue weighted by molar-refractivity contribution is -0.172. The van der Waals surface area contributed by atoms with Crippen LogP contribution in [0.5, 0.6) is 5.75 Å². The smallest absolute Gasteiger partial charge is 0.258 e. The Labute approximate surface area is 224 Å². The van der Waals surface area contributed by atoms with Gasteiger partial charge in [-0.15, -0.1) is 0 Å². The first-order valence-electron chi connectivity index (χ1n) is 14.2. The first-order chi connectivity index (χ1) is 17.7. The minimum Gasteiger partial charge on any atom is -0.543 e. The Kier molecular flexibility index (Phi) is 8.57. The zero-order chi connectivity index (χ0) is 26.7. The standard InChI is InChI=1S/C31H45NO4Si/c1-23(2)37(24(3)4,25(5)6)36-28-11-12-29-26(19-28)20-30(29,22-32)14-9-7-8-10-15-31(34-17-18-35-31)27-13-16-33-21-27/h11-13,16,19,21,23-25H,7-10,14-15,17-18,20H2,1-6H3. The normalized spacial score (nSPS) is 20.8. The third-order valence-corrected chi connectivity index (χ3v) is 14.9. The van der Waals surface area contributed by atoms with Crippen LogP contribution in [0.3, 0.4) is 0 Å². The lowest BCUT2D eigenvalue weighted by Gasteiger charge is -2.43. The van der Waals surface area contributed by atoms with E-state index in [-0.39, 0.29) is 5.41 Å². The molecule has 0 N–H and O–H groups in total. The third-order valence-electron chi connectivity index (χ3n) is 8.87. The molecule has 0 spiro atoms. The van der Waals surface area contributed by atoms with E-state index in [1.54, 1.807) is 12.5 Å². The van der Waals surface area contributed by atoms with Crippen molar-refractivity contribution in [3.8, 4) is 11.8 Å². The average molecular weight is 524 g/mol. The Morgan fingerprint density at radius 3 is 2.11 bits per heavy atom. The summed E-state index contributed by atoms with van der Waals surface area (Å²) in [4.78, 5) is 0. The predicted molar refractivity (Wildman–Crippen MR) is 149 cm³/mol. The molecule has 1 unspecified atom stereocenters. The van der Waals surface area contributed by atoms with Crippen LogP contribution in [0, 0.1) is 11.3 Å². The van der Waals surface area contributed by atoms with E-state index in [4.69, 9.17) is 18.3 Å². The molecule has 2 aliphatic rings. The number of furan rings is 1. The van der Waals surface area contributed by atoms with Gasteiger partial charge in [0.2, 0.25) is 0 Å². The van der Waals surface area contributed by atoms with Gasteiger partial charge >= 0.3 is 0 Å². The average Bonchev–Trinajstić information content (AvgIpc) is 3.55. The van der Waals surface area contributed by atoms with Crippen LogP contribution in [0.15, 0.2) is 41.2 Å². The van der Waals surface area contributed by atoms with Crippen LogP contribution in [-0.4, -0.2) is 21.5 Å². The second kappa shape index (κ2) is 11.4. The maximum absolute atomic E-state index is 10.1. The molecule has 1 aliphatic carbocycles. The number of hydrogen-bond acceptors (Lipinski definition) is 5. The van der Waals surface area contributed by atoms with Crippen molar-refractivity contribution in [1.29, 1.82) is 5.26 Å². The summed E-state index contributed by atoms with van der Waals surface area (Å²) in [7, 11) is -1.98. The number of nitriles is 1. The molecule has 0 saturated carbocycles. The topological polar surface area (TPSA) is 64.6 Å². The van der Waals surface area contributed by atoms with Gasteiger partial charge < -0.3 is 18.3 Å². The number of unbranched alkanes of at least 4 members (excludes halogenated alkanes) is 3. The molecule has 1 aromatic heterocycles. The van der Waals surface area contributed by atoms with Crippen LogP contribution >= 0.6 is 0 Å². The molecule has 37 heavy (non-hydrogen) atoms. The van der Waals surface area contributed by atoms with Crippen molar-refractivity contribution in [3.63, 3.8) is 0 Å². The predicted octanol–water partition coefficient (Wildman–Crippen LogP) is 8.39. The van der Waals surface area contributed by atoms with Gasteiger partial charge in [-0.05, 0) is 65.2 Å². The van der Waals surface area contributed by atoms with E-state index >= 15 is 0 Å². The van der Waals surface area contributed by atoms with E-state index < -0.39 is 14.1 Å². The highest BCUT2D eigenvalue weighted by Crippen LogP contribution is 2.48. The van der Waals surface area contributed by atoms with Gasteiger partial charge in [0.05, 0.1) is 37.2 Å². The first kappa shape index (κ1) is 27.9. The first-order valence-corrected chi connectivity index (χ1v) is 16.4. The van der Waals surface area contributed by atoms with E-state index in [9.17, 15) is 5.26 Å². The van der Waals surface area contributed by atoms with Gasteiger partial charge in [-0.1, -0.05) is 66.9 Å². The minimum absolute atomic E-state index is 0.341. The van der Waals surface area contributed by atoms with E-state index in [0.29, 0.717) is 29.8 Å². The highest BCUT2D eigenvalue weighted by atomic mass is 28.4. The summed E-state index contributed by atoms with van der Waals surface area (Å²) >= 11 is 0. The summed E-state index contributed by atoms with van der Waals surface area (Å²) in [5.41, 5.74) is 4.75. The third kappa shape index (κ3) is 5.28. The van der Waals surface area contributed by atoms with Gasteiger partial charge in [-0.3, -0.25) is 0 Å². The molecule has 2 heterocycles. The molecule has 0 amide bonds. The Morgan fingerprint density at radius 2 is 1.57 bits per heavy atom. The van der Waals surface area contributed by atoms with Crippen molar-refractivity contribution in [2.45, 2.75) is 114 Å². The van der Waals surface area contributed by atoms with Crippen molar-refractivity contribution in [2.24, 2.45) is 0 Å². The highest BCUT2D eigenvalue weighted by Gasteiger charge is 2.48. The maximum Gasteiger partial charge on any atom is 0.258 e. The molecule has 1 aliphatic heterocycles. The Bertz CT molecular complexity index is 1040. The number of nitrogens with zero attached hydrogens (tertiary/aromatic N) is 1. The summed E-state index contributed by atoms with van der Waals surface area (Å²) in [6.07, 6.45) is 10.3. The van der Waals surface area contributed by atoms with Gasteiger partial charge in [0.15, 0.2) is 5.79 Å². The zero-order valence-corrected chi connectivity index (χ0v) is 24.6. The highest BCUT2D eigenvalue weighted by molar-refractivity contribution is 6.78. The summed E-state index contributed by atoms with van der Waals surface area (Å²) in [6, 6.07) is 11.1. The number of fused-ring (bicyclic) bond motifs is 1. The summed E-state index contributed by atoms with van der Waals surface area (Å²) < 4.78 is 24.1. The van der Waals surface area contributed by atoms with Crippen molar-refractivity contribution >= 4 is 8.32 Å². The second-order valence-electron chi connectivity index (χ2n) is 12.0. The molecule has 1 aromatic carbocycles. The number of hydrogen-bond donors (Lipinski definition) is 0. The summed E-state index contributed by atoms with van der Waals surface area (Å²) in [5, 5.41) is 10.1. The molecule has 2 aromatic rings. The molecule has 0 bridgehead atoms. The van der Waals surface area contributed by atoms with Crippen LogP contribution in [0.4, 0.5) is 0 Å². The van der Waals surface area contributed by atoms with E-state index in [1.165, 1.54) is 11.1 Å². The molecular formula is C31H45NO4Si. The van der Waals surface area contributed by atoms with Gasteiger partial charge in [0.25, 0.3) is 8.32 Å². The Morgan fingerprint density at radius 1 is 0.919 bits per heavy atom. The van der Waals surface area contributed by atoms with Crippen LogP contribution in [0.25, 0.3) is 0 Å². The molecule has 202 valence electrons. The van der Waals surface area contributed by atoms with Gasteiger partial charge in [-0.2, -0.15) is 5.26 Å². The molecule has 5 nitrogen and oxygen atoms in total. The fourth-order valence-corrected chi connectivity index (χ4v) is 12.3. The Balaban J connectivity index is 1.31. The number of benzene rings is 1.